The van der Waals surface area contributed by atoms with E-state index >= 15 is 0 Å². The highest BCUT2D eigenvalue weighted by Gasteiger charge is 2.63. The van der Waals surface area contributed by atoms with Crippen LogP contribution in [0.2, 0.25) is 0 Å². The summed E-state index contributed by atoms with van der Waals surface area (Å²) in [6.45, 7) is 23.3. The molecule has 228 valence electrons. The van der Waals surface area contributed by atoms with E-state index in [1.54, 1.807) is 6.92 Å². The summed E-state index contributed by atoms with van der Waals surface area (Å²) >= 11 is 0. The molecule has 5 nitrogen and oxygen atoms in total. The van der Waals surface area contributed by atoms with E-state index in [1.165, 1.54) is 7.11 Å². The number of methoxy groups -OCH3 is 1. The third-order valence-corrected chi connectivity index (χ3v) is 11.7. The van der Waals surface area contributed by atoms with Crippen molar-refractivity contribution in [1.82, 2.24) is 0 Å². The second-order valence-electron chi connectivity index (χ2n) is 15.9. The lowest BCUT2D eigenvalue weighted by molar-refractivity contribution is -0.154. The van der Waals surface area contributed by atoms with Gasteiger partial charge in [0.2, 0.25) is 0 Å². The van der Waals surface area contributed by atoms with Crippen LogP contribution < -0.4 is 0 Å². The number of aldehydes is 1. The number of ether oxygens (including phenoxy) is 1. The lowest BCUT2D eigenvalue weighted by atomic mass is 9.40. The molecule has 2 aliphatic rings. The zero-order valence-corrected chi connectivity index (χ0v) is 27.7. The summed E-state index contributed by atoms with van der Waals surface area (Å²) in [5, 5.41) is 0. The van der Waals surface area contributed by atoms with Gasteiger partial charge < -0.3 is 9.53 Å². The molecule has 0 heterocycles. The van der Waals surface area contributed by atoms with Gasteiger partial charge in [0.05, 0.1) is 18.4 Å². The van der Waals surface area contributed by atoms with Crippen LogP contribution >= 0.6 is 0 Å². The third-order valence-electron chi connectivity index (χ3n) is 11.7. The molecule has 2 aliphatic carbocycles. The monoisotopic (exact) mass is 558 g/mol. The minimum atomic E-state index is -0.661. The molecule has 2 saturated carbocycles. The molecule has 2 fully saturated rings. The van der Waals surface area contributed by atoms with E-state index in [4.69, 9.17) is 4.74 Å². The first-order chi connectivity index (χ1) is 18.2. The molecule has 0 aromatic heterocycles. The standard InChI is InChI=1S/C35H58O5/c1-13-15-30(3,4)17-19-33(9,29(39)40-12)20-18-31(5,6)35(11)16-14-26-32(7,8)28(38)25(23-36)22-34(26,10)27(35)21-24(2)37/h21,23,25-26H,13-20,22H2,1-12H3/b27-21-/t25?,26-,33-,34-,35+/m0/s1. The number of hydrogen-bond donors (Lipinski definition) is 0. The molecular weight excluding hydrogens is 500 g/mol. The highest BCUT2D eigenvalue weighted by atomic mass is 16.5. The van der Waals surface area contributed by atoms with Crippen LogP contribution in [0.1, 0.15) is 134 Å². The Bertz CT molecular complexity index is 1020. The Labute approximate surface area is 244 Å². The molecule has 0 N–H and O–H groups in total. The van der Waals surface area contributed by atoms with E-state index in [-0.39, 0.29) is 39.7 Å². The van der Waals surface area contributed by atoms with Gasteiger partial charge in [-0.15, -0.1) is 0 Å². The number of ketones is 2. The minimum absolute atomic E-state index is 0.00573. The Morgan fingerprint density at radius 2 is 1.55 bits per heavy atom. The lowest BCUT2D eigenvalue weighted by Gasteiger charge is -2.63. The molecule has 0 radical (unpaired) electrons. The molecule has 0 amide bonds. The number of rotatable bonds is 12. The molecule has 2 rings (SSSR count). The van der Waals surface area contributed by atoms with Crippen LogP contribution in [-0.4, -0.2) is 30.9 Å². The zero-order chi connectivity index (χ0) is 30.9. The maximum absolute atomic E-state index is 13.3. The second kappa shape index (κ2) is 11.8. The Morgan fingerprint density at radius 3 is 2.05 bits per heavy atom. The van der Waals surface area contributed by atoms with Gasteiger partial charge in [-0.3, -0.25) is 14.4 Å². The van der Waals surface area contributed by atoms with Crippen LogP contribution in [0.4, 0.5) is 0 Å². The van der Waals surface area contributed by atoms with E-state index in [0.717, 1.165) is 56.8 Å². The summed E-state index contributed by atoms with van der Waals surface area (Å²) in [6.07, 6.45) is 10.2. The molecule has 5 heteroatoms. The van der Waals surface area contributed by atoms with Crippen LogP contribution in [0.15, 0.2) is 11.6 Å². The van der Waals surface area contributed by atoms with Gasteiger partial charge in [0.15, 0.2) is 5.78 Å². The first-order valence-corrected chi connectivity index (χ1v) is 15.5. The number of hydrogen-bond acceptors (Lipinski definition) is 5. The number of Topliss-reactive ketones (excluding diaryl/α,β-unsaturated/α-hetero) is 1. The summed E-state index contributed by atoms with van der Waals surface area (Å²) in [5.41, 5.74) is -1.05. The maximum atomic E-state index is 13.3. The van der Waals surface area contributed by atoms with Gasteiger partial charge in [-0.1, -0.05) is 74.3 Å². The molecule has 0 spiro atoms. The van der Waals surface area contributed by atoms with E-state index in [1.807, 2.05) is 26.8 Å². The maximum Gasteiger partial charge on any atom is 0.311 e. The fourth-order valence-corrected chi connectivity index (χ4v) is 8.51. The van der Waals surface area contributed by atoms with E-state index in [9.17, 15) is 19.2 Å². The molecule has 1 unspecified atom stereocenters. The molecule has 0 saturated heterocycles. The lowest BCUT2D eigenvalue weighted by Crippen LogP contribution is -2.59. The van der Waals surface area contributed by atoms with Crippen molar-refractivity contribution < 1.29 is 23.9 Å². The minimum Gasteiger partial charge on any atom is -0.469 e. The van der Waals surface area contributed by atoms with E-state index < -0.39 is 22.2 Å². The summed E-state index contributed by atoms with van der Waals surface area (Å²) < 4.78 is 5.33. The third kappa shape index (κ3) is 6.33. The van der Waals surface area contributed by atoms with Gasteiger partial charge in [-0.2, -0.15) is 0 Å². The van der Waals surface area contributed by atoms with Crippen molar-refractivity contribution in [1.29, 1.82) is 0 Å². The highest BCUT2D eigenvalue weighted by Crippen LogP contribution is 2.68. The Morgan fingerprint density at radius 1 is 0.975 bits per heavy atom. The van der Waals surface area contributed by atoms with Crippen LogP contribution in [0.25, 0.3) is 0 Å². The Kier molecular flexibility index (Phi) is 10.2. The van der Waals surface area contributed by atoms with Gasteiger partial charge in [-0.05, 0) is 98.9 Å². The average molecular weight is 559 g/mol. The molecule has 0 aromatic rings. The number of esters is 1. The van der Waals surface area contributed by atoms with Gasteiger partial charge in [0.1, 0.15) is 12.1 Å². The molecule has 0 bridgehead atoms. The first-order valence-electron chi connectivity index (χ1n) is 15.5. The predicted octanol–water partition coefficient (Wildman–Crippen LogP) is 8.33. The number of carbonyl (C=O) groups is 4. The van der Waals surface area contributed by atoms with Crippen LogP contribution in [-0.2, 0) is 23.9 Å². The number of fused-ring (bicyclic) bond motifs is 1. The van der Waals surface area contributed by atoms with Crippen molar-refractivity contribution in [3.05, 3.63) is 11.6 Å². The van der Waals surface area contributed by atoms with Gasteiger partial charge in [0, 0.05) is 5.41 Å². The molecular formula is C35H58O5. The van der Waals surface area contributed by atoms with Crippen LogP contribution in [0, 0.1) is 44.3 Å². The summed E-state index contributed by atoms with van der Waals surface area (Å²) in [4.78, 5) is 51.3. The van der Waals surface area contributed by atoms with Crippen molar-refractivity contribution in [3.8, 4) is 0 Å². The van der Waals surface area contributed by atoms with Crippen molar-refractivity contribution in [2.24, 2.45) is 44.3 Å². The Hall–Kier alpha value is -1.78. The molecule has 0 aliphatic heterocycles. The number of allylic oxidation sites excluding steroid dienone is 2. The quantitative estimate of drug-likeness (QED) is 0.104. The normalized spacial score (nSPS) is 31.3. The summed E-state index contributed by atoms with van der Waals surface area (Å²) in [7, 11) is 1.48. The average Bonchev–Trinajstić information content (AvgIpc) is 2.85. The molecule has 5 atom stereocenters. The number of carbonyl (C=O) groups excluding carboxylic acids is 4. The largest absolute Gasteiger partial charge is 0.469 e. The Balaban J connectivity index is 2.50. The van der Waals surface area contributed by atoms with Gasteiger partial charge in [-0.25, -0.2) is 0 Å². The first kappa shape index (κ1) is 34.4. The topological polar surface area (TPSA) is 77.5 Å². The zero-order valence-electron chi connectivity index (χ0n) is 27.7. The second-order valence-corrected chi connectivity index (χ2v) is 15.9. The molecule has 40 heavy (non-hydrogen) atoms. The van der Waals surface area contributed by atoms with E-state index in [2.05, 4.69) is 48.5 Å². The molecule has 0 aromatic carbocycles. The SMILES string of the molecule is CCCC(C)(C)CC[C@@](C)(CCC(C)(C)[C@]1(C)CC[C@H]2C(C)(C)C(=O)C(C=O)C[C@]2(C)/C1=C/C(C)=O)C(=O)OC. The summed E-state index contributed by atoms with van der Waals surface area (Å²) in [6, 6.07) is 0. The van der Waals surface area contributed by atoms with Crippen molar-refractivity contribution >= 4 is 23.8 Å². The predicted molar refractivity (Wildman–Crippen MR) is 162 cm³/mol. The summed E-state index contributed by atoms with van der Waals surface area (Å²) in [5.74, 6) is -0.744. The fourth-order valence-electron chi connectivity index (χ4n) is 8.51. The highest BCUT2D eigenvalue weighted by molar-refractivity contribution is 5.98. The van der Waals surface area contributed by atoms with Crippen molar-refractivity contribution in [2.75, 3.05) is 7.11 Å². The van der Waals surface area contributed by atoms with Gasteiger partial charge >= 0.3 is 5.97 Å². The smallest absolute Gasteiger partial charge is 0.311 e. The van der Waals surface area contributed by atoms with E-state index in [0.29, 0.717) is 12.8 Å². The fraction of sp³-hybridized carbons (Fsp3) is 0.829. The van der Waals surface area contributed by atoms with Crippen LogP contribution in [0.5, 0.6) is 0 Å². The van der Waals surface area contributed by atoms with Crippen LogP contribution in [0.3, 0.4) is 0 Å². The van der Waals surface area contributed by atoms with Crippen molar-refractivity contribution in [2.45, 2.75) is 134 Å². The van der Waals surface area contributed by atoms with Crippen molar-refractivity contribution in [3.63, 3.8) is 0 Å². The van der Waals surface area contributed by atoms with Gasteiger partial charge in [0.25, 0.3) is 0 Å².